The molecule has 2 aromatic carbocycles. The van der Waals surface area contributed by atoms with Crippen molar-refractivity contribution in [2.45, 2.75) is 25.3 Å². The minimum Gasteiger partial charge on any atom is -0.497 e. The van der Waals surface area contributed by atoms with E-state index in [1.165, 1.54) is 31.4 Å². The van der Waals surface area contributed by atoms with Crippen molar-refractivity contribution in [2.75, 3.05) is 20.2 Å². The number of hydrogen-bond donors (Lipinski definition) is 1. The van der Waals surface area contributed by atoms with Crippen LogP contribution in [0.25, 0.3) is 11.1 Å². The third kappa shape index (κ3) is 3.55. The number of halogens is 2. The molecule has 3 rings (SSSR count). The molecule has 1 aliphatic heterocycles. The lowest BCUT2D eigenvalue weighted by Crippen LogP contribution is -2.47. The molecule has 2 aromatic rings. The van der Waals surface area contributed by atoms with Crippen LogP contribution in [0.15, 0.2) is 36.4 Å². The van der Waals surface area contributed by atoms with Crippen LogP contribution in [-0.4, -0.2) is 37.0 Å². The second-order valence-corrected chi connectivity index (χ2v) is 6.42. The van der Waals surface area contributed by atoms with Crippen LogP contribution in [0.5, 0.6) is 5.75 Å². The molecule has 1 fully saturated rings. The summed E-state index contributed by atoms with van der Waals surface area (Å²) in [4.78, 5) is 14.4. The van der Waals surface area contributed by atoms with E-state index in [2.05, 4.69) is 0 Å². The summed E-state index contributed by atoms with van der Waals surface area (Å²) in [6, 6.07) is 8.48. The number of likely N-dealkylation sites (tertiary alicyclic amines) is 1. The molecule has 1 amide bonds. The van der Waals surface area contributed by atoms with Gasteiger partial charge in [0, 0.05) is 30.8 Å². The highest BCUT2D eigenvalue weighted by Crippen LogP contribution is 2.28. The number of piperidine rings is 1. The molecule has 0 radical (unpaired) electrons. The Hall–Kier alpha value is -2.47. The number of carbonyl (C=O) groups excluding carboxylic acids is 1. The molecule has 0 aromatic heterocycles. The highest BCUT2D eigenvalue weighted by molar-refractivity contribution is 5.95. The Morgan fingerprint density at radius 3 is 2.65 bits per heavy atom. The SMILES string of the molecule is COc1ccc(-c2ccc(C(=O)N3CCCCC3CN)c(F)c2)c(F)c1. The maximum Gasteiger partial charge on any atom is 0.257 e. The van der Waals surface area contributed by atoms with Crippen molar-refractivity contribution in [3.05, 3.63) is 53.6 Å². The van der Waals surface area contributed by atoms with Gasteiger partial charge in [0.1, 0.15) is 17.4 Å². The number of nitrogens with zero attached hydrogens (tertiary/aromatic N) is 1. The molecule has 138 valence electrons. The largest absolute Gasteiger partial charge is 0.497 e. The van der Waals surface area contributed by atoms with Crippen molar-refractivity contribution >= 4 is 5.91 Å². The van der Waals surface area contributed by atoms with Crippen molar-refractivity contribution in [1.82, 2.24) is 4.90 Å². The van der Waals surface area contributed by atoms with E-state index in [4.69, 9.17) is 10.5 Å². The number of methoxy groups -OCH3 is 1. The van der Waals surface area contributed by atoms with E-state index in [-0.39, 0.29) is 23.1 Å². The van der Waals surface area contributed by atoms with Gasteiger partial charge in [-0.3, -0.25) is 4.79 Å². The molecule has 1 saturated heterocycles. The second kappa shape index (κ2) is 7.83. The summed E-state index contributed by atoms with van der Waals surface area (Å²) in [7, 11) is 1.45. The predicted molar refractivity (Wildman–Crippen MR) is 96.1 cm³/mol. The lowest BCUT2D eigenvalue weighted by molar-refractivity contribution is 0.0618. The molecule has 1 aliphatic rings. The smallest absolute Gasteiger partial charge is 0.257 e. The number of ether oxygens (including phenoxy) is 1. The van der Waals surface area contributed by atoms with E-state index in [1.807, 2.05) is 0 Å². The Morgan fingerprint density at radius 2 is 2.00 bits per heavy atom. The third-order valence-electron chi connectivity index (χ3n) is 4.85. The van der Waals surface area contributed by atoms with Crippen LogP contribution in [-0.2, 0) is 0 Å². The minimum absolute atomic E-state index is 0.0111. The van der Waals surface area contributed by atoms with E-state index < -0.39 is 11.6 Å². The zero-order valence-corrected chi connectivity index (χ0v) is 14.7. The van der Waals surface area contributed by atoms with E-state index in [0.29, 0.717) is 24.4 Å². The van der Waals surface area contributed by atoms with Gasteiger partial charge in [0.25, 0.3) is 5.91 Å². The van der Waals surface area contributed by atoms with Crippen molar-refractivity contribution < 1.29 is 18.3 Å². The molecule has 0 spiro atoms. The Labute approximate surface area is 151 Å². The molecular weight excluding hydrogens is 338 g/mol. The molecule has 1 atom stereocenters. The van der Waals surface area contributed by atoms with Gasteiger partial charge in [0.15, 0.2) is 0 Å². The zero-order valence-electron chi connectivity index (χ0n) is 14.7. The van der Waals surface area contributed by atoms with Gasteiger partial charge in [-0.15, -0.1) is 0 Å². The third-order valence-corrected chi connectivity index (χ3v) is 4.85. The van der Waals surface area contributed by atoms with Crippen molar-refractivity contribution in [1.29, 1.82) is 0 Å². The molecule has 6 heteroatoms. The number of benzene rings is 2. The highest BCUT2D eigenvalue weighted by Gasteiger charge is 2.28. The fourth-order valence-electron chi connectivity index (χ4n) is 3.38. The van der Waals surface area contributed by atoms with Crippen LogP contribution < -0.4 is 10.5 Å². The Balaban J connectivity index is 1.89. The number of hydrogen-bond acceptors (Lipinski definition) is 3. The number of carbonyl (C=O) groups is 1. The molecule has 1 heterocycles. The van der Waals surface area contributed by atoms with Gasteiger partial charge in [-0.25, -0.2) is 8.78 Å². The summed E-state index contributed by atoms with van der Waals surface area (Å²) in [5.41, 5.74) is 6.36. The first-order valence-electron chi connectivity index (χ1n) is 8.69. The first-order chi connectivity index (χ1) is 12.5. The first-order valence-corrected chi connectivity index (χ1v) is 8.69. The van der Waals surface area contributed by atoms with Crippen LogP contribution in [0.2, 0.25) is 0 Å². The van der Waals surface area contributed by atoms with Crippen LogP contribution >= 0.6 is 0 Å². The van der Waals surface area contributed by atoms with Gasteiger partial charge < -0.3 is 15.4 Å². The maximum atomic E-state index is 14.6. The van der Waals surface area contributed by atoms with Gasteiger partial charge in [-0.2, -0.15) is 0 Å². The molecular formula is C20H22F2N2O2. The lowest BCUT2D eigenvalue weighted by Gasteiger charge is -2.35. The molecule has 0 aliphatic carbocycles. The lowest BCUT2D eigenvalue weighted by atomic mass is 9.99. The highest BCUT2D eigenvalue weighted by atomic mass is 19.1. The molecule has 0 bridgehead atoms. The van der Waals surface area contributed by atoms with Crippen LogP contribution in [0, 0.1) is 11.6 Å². The molecule has 2 N–H and O–H groups in total. The first kappa shape index (κ1) is 18.3. The number of amides is 1. The fraction of sp³-hybridized carbons (Fsp3) is 0.350. The van der Waals surface area contributed by atoms with Gasteiger partial charge >= 0.3 is 0 Å². The Kier molecular flexibility index (Phi) is 5.52. The van der Waals surface area contributed by atoms with Crippen LogP contribution in [0.4, 0.5) is 8.78 Å². The average molecular weight is 360 g/mol. The van der Waals surface area contributed by atoms with Gasteiger partial charge in [0.2, 0.25) is 0 Å². The van der Waals surface area contributed by atoms with Crippen LogP contribution in [0.1, 0.15) is 29.6 Å². The van der Waals surface area contributed by atoms with Gasteiger partial charge in [-0.05, 0) is 49.1 Å². The van der Waals surface area contributed by atoms with E-state index >= 15 is 0 Å². The summed E-state index contributed by atoms with van der Waals surface area (Å²) in [5, 5.41) is 0. The van der Waals surface area contributed by atoms with Crippen molar-refractivity contribution in [3.63, 3.8) is 0 Å². The average Bonchev–Trinajstić information content (AvgIpc) is 2.67. The van der Waals surface area contributed by atoms with E-state index in [9.17, 15) is 13.6 Å². The summed E-state index contributed by atoms with van der Waals surface area (Å²) in [6.07, 6.45) is 2.74. The fourth-order valence-corrected chi connectivity index (χ4v) is 3.38. The summed E-state index contributed by atoms with van der Waals surface area (Å²) in [6.45, 7) is 0.942. The van der Waals surface area contributed by atoms with Crippen LogP contribution in [0.3, 0.4) is 0 Å². The monoisotopic (exact) mass is 360 g/mol. The summed E-state index contributed by atoms with van der Waals surface area (Å²) < 4.78 is 33.8. The quantitative estimate of drug-likeness (QED) is 0.906. The molecule has 1 unspecified atom stereocenters. The summed E-state index contributed by atoms with van der Waals surface area (Å²) >= 11 is 0. The van der Waals surface area contributed by atoms with Crippen molar-refractivity contribution in [3.8, 4) is 16.9 Å². The maximum absolute atomic E-state index is 14.6. The Morgan fingerprint density at radius 1 is 1.19 bits per heavy atom. The molecule has 0 saturated carbocycles. The topological polar surface area (TPSA) is 55.6 Å². The van der Waals surface area contributed by atoms with E-state index in [1.54, 1.807) is 17.0 Å². The summed E-state index contributed by atoms with van der Waals surface area (Å²) in [5.74, 6) is -1.15. The number of nitrogens with two attached hydrogens (primary N) is 1. The Bertz CT molecular complexity index is 810. The standard InChI is InChI=1S/C20H22F2N2O2/c1-26-15-6-8-16(19(22)11-15)13-5-7-17(18(21)10-13)20(25)24-9-3-2-4-14(24)12-23/h5-8,10-11,14H,2-4,9,12,23H2,1H3. The van der Waals surface area contributed by atoms with E-state index in [0.717, 1.165) is 19.3 Å². The molecule has 4 nitrogen and oxygen atoms in total. The van der Waals surface area contributed by atoms with Gasteiger partial charge in [0.05, 0.1) is 12.7 Å². The van der Waals surface area contributed by atoms with Gasteiger partial charge in [-0.1, -0.05) is 6.07 Å². The minimum atomic E-state index is -0.663. The zero-order chi connectivity index (χ0) is 18.7. The molecule has 26 heavy (non-hydrogen) atoms. The second-order valence-electron chi connectivity index (χ2n) is 6.42. The van der Waals surface area contributed by atoms with Crippen molar-refractivity contribution in [2.24, 2.45) is 5.73 Å². The number of rotatable bonds is 4. The predicted octanol–water partition coefficient (Wildman–Crippen LogP) is 3.59. The normalized spacial score (nSPS) is 17.2.